The number of hydrogen-bond acceptors (Lipinski definition) is 4. The minimum Gasteiger partial charge on any atom is -0.267 e. The van der Waals surface area contributed by atoms with Crippen LogP contribution in [0.25, 0.3) is 0 Å². The third-order valence-electron chi connectivity index (χ3n) is 1.19. The van der Waals surface area contributed by atoms with Gasteiger partial charge in [0.25, 0.3) is 16.0 Å². The van der Waals surface area contributed by atoms with E-state index in [1.165, 1.54) is 6.92 Å². The fourth-order valence-corrected chi connectivity index (χ4v) is 1.72. The molecule has 0 fully saturated rings. The van der Waals surface area contributed by atoms with Crippen LogP contribution in [0.15, 0.2) is 12.2 Å². The molecule has 0 aliphatic heterocycles. The van der Waals surface area contributed by atoms with E-state index in [-0.39, 0.29) is 17.2 Å². The van der Waals surface area contributed by atoms with Crippen molar-refractivity contribution in [2.45, 2.75) is 20.8 Å². The molecule has 6 heteroatoms. The summed E-state index contributed by atoms with van der Waals surface area (Å²) in [7, 11) is -3.68. The fourth-order valence-electron chi connectivity index (χ4n) is 0.631. The molecule has 0 radical (unpaired) electrons. The van der Waals surface area contributed by atoms with Crippen LogP contribution in [0.4, 0.5) is 0 Å². The van der Waals surface area contributed by atoms with E-state index in [0.29, 0.717) is 0 Å². The molecule has 0 heterocycles. The zero-order valence-electron chi connectivity index (χ0n) is 8.53. The van der Waals surface area contributed by atoms with Crippen LogP contribution in [0.3, 0.4) is 0 Å². The predicted octanol–water partition coefficient (Wildman–Crippen LogP) is 0.596. The molecule has 0 aliphatic carbocycles. The number of hydrogen-bond donors (Lipinski definition) is 1. The Balaban J connectivity index is 4.13. The van der Waals surface area contributed by atoms with Crippen LogP contribution in [0.2, 0.25) is 0 Å². The van der Waals surface area contributed by atoms with Crippen molar-refractivity contribution >= 4 is 16.0 Å². The van der Waals surface area contributed by atoms with Gasteiger partial charge in [0.1, 0.15) is 0 Å². The molecule has 14 heavy (non-hydrogen) atoms. The van der Waals surface area contributed by atoms with E-state index in [0.717, 1.165) is 0 Å². The van der Waals surface area contributed by atoms with Gasteiger partial charge in [0.15, 0.2) is 0 Å². The van der Waals surface area contributed by atoms with Crippen LogP contribution in [0.1, 0.15) is 20.8 Å². The molecule has 0 aliphatic rings. The van der Waals surface area contributed by atoms with Gasteiger partial charge in [0, 0.05) is 5.57 Å². The molecule has 0 saturated carbocycles. The third-order valence-corrected chi connectivity index (χ3v) is 2.60. The number of nitrogens with one attached hydrogen (secondary N) is 1. The summed E-state index contributed by atoms with van der Waals surface area (Å²) in [5, 5.41) is 0. The van der Waals surface area contributed by atoms with Crippen molar-refractivity contribution in [1.82, 2.24) is 5.48 Å². The quantitative estimate of drug-likeness (QED) is 0.545. The molecule has 1 N–H and O–H groups in total. The maximum atomic E-state index is 11.1. The van der Waals surface area contributed by atoms with Gasteiger partial charge >= 0.3 is 0 Å². The highest BCUT2D eigenvalue weighted by Gasteiger charge is 2.15. The van der Waals surface area contributed by atoms with E-state index >= 15 is 0 Å². The van der Waals surface area contributed by atoms with Crippen LogP contribution in [0, 0.1) is 5.92 Å². The molecule has 1 amide bonds. The topological polar surface area (TPSA) is 72.5 Å². The Bertz CT molecular complexity index is 318. The van der Waals surface area contributed by atoms with Crippen LogP contribution in [-0.2, 0) is 19.2 Å². The number of carbonyl (C=O) groups is 1. The molecule has 0 saturated heterocycles. The number of rotatable bonds is 5. The van der Waals surface area contributed by atoms with Crippen molar-refractivity contribution < 1.29 is 17.5 Å². The lowest BCUT2D eigenvalue weighted by Crippen LogP contribution is -2.29. The Hall–Kier alpha value is -0.880. The average Bonchev–Trinajstić information content (AvgIpc) is 1.97. The van der Waals surface area contributed by atoms with E-state index < -0.39 is 16.0 Å². The van der Waals surface area contributed by atoms with Crippen molar-refractivity contribution in [2.24, 2.45) is 5.92 Å². The second-order valence-corrected chi connectivity index (χ2v) is 5.03. The smallest absolute Gasteiger partial charge is 0.267 e. The molecule has 0 rings (SSSR count). The van der Waals surface area contributed by atoms with Gasteiger partial charge in [-0.3, -0.25) is 4.79 Å². The van der Waals surface area contributed by atoms with Crippen molar-refractivity contribution in [3.8, 4) is 0 Å². The number of amides is 1. The molecule has 0 atom stereocenters. The standard InChI is InChI=1S/C8H15NO4S/c1-6(2)5-14(11,12)13-9-8(10)7(3)4/h6H,3,5H2,1-2,4H3,(H,9,10). The minimum atomic E-state index is -3.68. The zero-order valence-corrected chi connectivity index (χ0v) is 9.35. The Kier molecular flexibility index (Phi) is 4.79. The summed E-state index contributed by atoms with van der Waals surface area (Å²) in [4.78, 5) is 10.9. The second kappa shape index (κ2) is 5.11. The van der Waals surface area contributed by atoms with Crippen molar-refractivity contribution in [3.63, 3.8) is 0 Å². The summed E-state index contributed by atoms with van der Waals surface area (Å²) in [6.07, 6.45) is 0. The predicted molar refractivity (Wildman–Crippen MR) is 52.7 cm³/mol. The summed E-state index contributed by atoms with van der Waals surface area (Å²) in [5.41, 5.74) is 1.99. The zero-order chi connectivity index (χ0) is 11.4. The lowest BCUT2D eigenvalue weighted by atomic mass is 10.3. The molecular formula is C8H15NO4S. The Morgan fingerprint density at radius 3 is 2.36 bits per heavy atom. The summed E-state index contributed by atoms with van der Waals surface area (Å²) < 4.78 is 26.5. The molecule has 0 aromatic carbocycles. The van der Waals surface area contributed by atoms with Gasteiger partial charge < -0.3 is 0 Å². The van der Waals surface area contributed by atoms with E-state index in [1.807, 2.05) is 0 Å². The van der Waals surface area contributed by atoms with Gasteiger partial charge in [0.05, 0.1) is 5.75 Å². The van der Waals surface area contributed by atoms with Gasteiger partial charge in [-0.15, -0.1) is 4.28 Å². The monoisotopic (exact) mass is 221 g/mol. The molecular weight excluding hydrogens is 206 g/mol. The summed E-state index contributed by atoms with van der Waals surface area (Å²) >= 11 is 0. The van der Waals surface area contributed by atoms with Gasteiger partial charge in [-0.05, 0) is 12.8 Å². The van der Waals surface area contributed by atoms with Gasteiger partial charge in [-0.1, -0.05) is 20.4 Å². The first-order chi connectivity index (χ1) is 6.24. The summed E-state index contributed by atoms with van der Waals surface area (Å²) in [6.45, 7) is 8.26. The molecule has 0 aromatic heterocycles. The lowest BCUT2D eigenvalue weighted by Gasteiger charge is -2.07. The molecule has 0 bridgehead atoms. The van der Waals surface area contributed by atoms with Crippen LogP contribution in [-0.4, -0.2) is 20.1 Å². The van der Waals surface area contributed by atoms with Crippen molar-refractivity contribution in [2.75, 3.05) is 5.75 Å². The number of carbonyl (C=O) groups excluding carboxylic acids is 1. The third kappa shape index (κ3) is 5.71. The Morgan fingerprint density at radius 1 is 1.50 bits per heavy atom. The van der Waals surface area contributed by atoms with Gasteiger partial charge in [-0.25, -0.2) is 5.48 Å². The van der Waals surface area contributed by atoms with Crippen molar-refractivity contribution in [3.05, 3.63) is 12.2 Å². The molecule has 0 unspecified atom stereocenters. The summed E-state index contributed by atoms with van der Waals surface area (Å²) in [5.74, 6) is -0.831. The highest BCUT2D eigenvalue weighted by molar-refractivity contribution is 7.86. The first-order valence-corrected chi connectivity index (χ1v) is 5.69. The maximum Gasteiger partial charge on any atom is 0.288 e. The van der Waals surface area contributed by atoms with E-state index in [1.54, 1.807) is 19.3 Å². The fraction of sp³-hybridized carbons (Fsp3) is 0.625. The minimum absolute atomic E-state index is 0.0540. The molecule has 0 spiro atoms. The largest absolute Gasteiger partial charge is 0.288 e. The highest BCUT2D eigenvalue weighted by Crippen LogP contribution is 2.00. The number of hydroxylamine groups is 1. The Morgan fingerprint density at radius 2 is 2.00 bits per heavy atom. The van der Waals surface area contributed by atoms with E-state index in [2.05, 4.69) is 10.9 Å². The van der Waals surface area contributed by atoms with Crippen LogP contribution >= 0.6 is 0 Å². The first-order valence-electron chi connectivity index (χ1n) is 4.11. The molecule has 5 nitrogen and oxygen atoms in total. The van der Waals surface area contributed by atoms with Gasteiger partial charge in [0.2, 0.25) is 0 Å². The summed E-state index contributed by atoms with van der Waals surface area (Å²) in [6, 6.07) is 0. The van der Waals surface area contributed by atoms with E-state index in [4.69, 9.17) is 0 Å². The average molecular weight is 221 g/mol. The van der Waals surface area contributed by atoms with Crippen LogP contribution in [0.5, 0.6) is 0 Å². The lowest BCUT2D eigenvalue weighted by molar-refractivity contribution is -0.123. The highest BCUT2D eigenvalue weighted by atomic mass is 32.2. The maximum absolute atomic E-state index is 11.1. The second-order valence-electron chi connectivity index (χ2n) is 3.41. The Labute approximate surface area is 84.2 Å². The van der Waals surface area contributed by atoms with Gasteiger partial charge in [-0.2, -0.15) is 8.42 Å². The van der Waals surface area contributed by atoms with Crippen LogP contribution < -0.4 is 5.48 Å². The molecule has 82 valence electrons. The van der Waals surface area contributed by atoms with Crippen molar-refractivity contribution in [1.29, 1.82) is 0 Å². The SMILES string of the molecule is C=C(C)C(=O)NOS(=O)(=O)CC(C)C. The first kappa shape index (κ1) is 13.1. The normalized spacial score (nSPS) is 11.4. The van der Waals surface area contributed by atoms with E-state index in [9.17, 15) is 13.2 Å². The molecule has 0 aromatic rings.